The first-order valence-corrected chi connectivity index (χ1v) is 8.04. The number of halogens is 5. The fourth-order valence-electron chi connectivity index (χ4n) is 2.67. The minimum absolute atomic E-state index is 0.0367. The fourth-order valence-corrected chi connectivity index (χ4v) is 3.39. The Morgan fingerprint density at radius 1 is 1.14 bits per heavy atom. The Kier molecular flexibility index (Phi) is 5.17. The first kappa shape index (κ1) is 16.6. The lowest BCUT2D eigenvalue weighted by molar-refractivity contribution is -0.140. The SMILES string of the molecule is Fc1ccc(OCC2(CBr)CCCCC2)cc1C(F)(F)F. The Labute approximate surface area is 129 Å². The molecule has 0 bridgehead atoms. The van der Waals surface area contributed by atoms with Crippen molar-refractivity contribution in [2.24, 2.45) is 5.41 Å². The molecule has 1 aliphatic carbocycles. The van der Waals surface area contributed by atoms with E-state index in [1.807, 2.05) is 0 Å². The summed E-state index contributed by atoms with van der Waals surface area (Å²) in [5.41, 5.74) is -1.32. The largest absolute Gasteiger partial charge is 0.493 e. The van der Waals surface area contributed by atoms with Crippen LogP contribution in [0.4, 0.5) is 17.6 Å². The lowest BCUT2D eigenvalue weighted by Crippen LogP contribution is -2.32. The van der Waals surface area contributed by atoms with Crippen LogP contribution in [0.25, 0.3) is 0 Å². The van der Waals surface area contributed by atoms with Gasteiger partial charge >= 0.3 is 6.18 Å². The van der Waals surface area contributed by atoms with Crippen molar-refractivity contribution in [2.45, 2.75) is 38.3 Å². The summed E-state index contributed by atoms with van der Waals surface area (Å²) < 4.78 is 56.7. The molecule has 1 saturated carbocycles. The van der Waals surface area contributed by atoms with Crippen molar-refractivity contribution in [1.29, 1.82) is 0 Å². The average molecular weight is 369 g/mol. The smallest absolute Gasteiger partial charge is 0.419 e. The van der Waals surface area contributed by atoms with Gasteiger partial charge in [0.2, 0.25) is 0 Å². The lowest BCUT2D eigenvalue weighted by atomic mass is 9.76. The molecule has 0 saturated heterocycles. The van der Waals surface area contributed by atoms with Crippen LogP contribution in [0.2, 0.25) is 0 Å². The van der Waals surface area contributed by atoms with E-state index in [0.717, 1.165) is 43.1 Å². The van der Waals surface area contributed by atoms with E-state index >= 15 is 0 Å². The van der Waals surface area contributed by atoms with E-state index in [2.05, 4.69) is 15.9 Å². The van der Waals surface area contributed by atoms with Gasteiger partial charge in [0.05, 0.1) is 12.2 Å². The molecule has 1 aromatic rings. The van der Waals surface area contributed by atoms with Gasteiger partial charge in [-0.15, -0.1) is 0 Å². The number of ether oxygens (including phenoxy) is 1. The summed E-state index contributed by atoms with van der Waals surface area (Å²) >= 11 is 3.48. The molecular formula is C15H17BrF4O. The summed E-state index contributed by atoms with van der Waals surface area (Å²) in [5.74, 6) is -1.21. The van der Waals surface area contributed by atoms with Crippen LogP contribution in [0.5, 0.6) is 5.75 Å². The van der Waals surface area contributed by atoms with Crippen molar-refractivity contribution >= 4 is 15.9 Å². The number of hydrogen-bond acceptors (Lipinski definition) is 1. The van der Waals surface area contributed by atoms with E-state index in [0.29, 0.717) is 6.61 Å². The average Bonchev–Trinajstić information content (AvgIpc) is 2.46. The molecule has 0 aliphatic heterocycles. The van der Waals surface area contributed by atoms with Gasteiger partial charge < -0.3 is 4.74 Å². The fraction of sp³-hybridized carbons (Fsp3) is 0.600. The van der Waals surface area contributed by atoms with Gasteiger partial charge in [-0.3, -0.25) is 0 Å². The third-order valence-electron chi connectivity index (χ3n) is 3.99. The Morgan fingerprint density at radius 2 is 1.81 bits per heavy atom. The van der Waals surface area contributed by atoms with Crippen molar-refractivity contribution in [1.82, 2.24) is 0 Å². The molecule has 118 valence electrons. The molecule has 0 amide bonds. The molecule has 0 spiro atoms. The second-order valence-electron chi connectivity index (χ2n) is 5.62. The summed E-state index contributed by atoms with van der Waals surface area (Å²) in [6.07, 6.45) is 0.667. The van der Waals surface area contributed by atoms with E-state index in [9.17, 15) is 17.6 Å². The number of alkyl halides is 4. The van der Waals surface area contributed by atoms with Gasteiger partial charge in [-0.05, 0) is 31.0 Å². The highest BCUT2D eigenvalue weighted by Gasteiger charge is 2.35. The van der Waals surface area contributed by atoms with Gasteiger partial charge in [0.15, 0.2) is 0 Å². The maximum Gasteiger partial charge on any atom is 0.419 e. The van der Waals surface area contributed by atoms with Gasteiger partial charge in [0.1, 0.15) is 11.6 Å². The zero-order chi connectivity index (χ0) is 15.5. The number of benzene rings is 1. The Bertz CT molecular complexity index is 481. The molecule has 1 nitrogen and oxygen atoms in total. The van der Waals surface area contributed by atoms with Crippen LogP contribution in [-0.4, -0.2) is 11.9 Å². The van der Waals surface area contributed by atoms with Crippen molar-refractivity contribution in [3.05, 3.63) is 29.6 Å². The third-order valence-corrected chi connectivity index (χ3v) is 5.18. The molecule has 0 unspecified atom stereocenters. The van der Waals surface area contributed by atoms with Crippen molar-refractivity contribution in [3.63, 3.8) is 0 Å². The Morgan fingerprint density at radius 3 is 2.38 bits per heavy atom. The lowest BCUT2D eigenvalue weighted by Gasteiger charge is -2.35. The topological polar surface area (TPSA) is 9.23 Å². The molecule has 21 heavy (non-hydrogen) atoms. The van der Waals surface area contributed by atoms with E-state index < -0.39 is 17.6 Å². The van der Waals surface area contributed by atoms with E-state index in [4.69, 9.17) is 4.74 Å². The van der Waals surface area contributed by atoms with E-state index in [-0.39, 0.29) is 11.2 Å². The molecule has 0 atom stereocenters. The molecule has 6 heteroatoms. The van der Waals surface area contributed by atoms with Gasteiger partial charge in [-0.25, -0.2) is 4.39 Å². The predicted octanol–water partition coefficient (Wildman–Crippen LogP) is 5.57. The van der Waals surface area contributed by atoms with E-state index in [1.54, 1.807) is 0 Å². The second kappa shape index (κ2) is 6.55. The summed E-state index contributed by atoms with van der Waals surface area (Å²) in [6, 6.07) is 2.79. The maximum atomic E-state index is 13.2. The molecule has 0 radical (unpaired) electrons. The first-order valence-electron chi connectivity index (χ1n) is 6.92. The molecule has 2 rings (SSSR count). The van der Waals surface area contributed by atoms with Crippen LogP contribution in [0.3, 0.4) is 0 Å². The van der Waals surface area contributed by atoms with Crippen LogP contribution in [0.1, 0.15) is 37.7 Å². The van der Waals surface area contributed by atoms with Crippen LogP contribution < -0.4 is 4.74 Å². The summed E-state index contributed by atoms with van der Waals surface area (Å²) in [7, 11) is 0. The first-order chi connectivity index (χ1) is 9.86. The van der Waals surface area contributed by atoms with Crippen LogP contribution in [0.15, 0.2) is 18.2 Å². The van der Waals surface area contributed by atoms with Gasteiger partial charge in [0, 0.05) is 10.7 Å². The summed E-state index contributed by atoms with van der Waals surface area (Å²) in [6.45, 7) is 0.348. The molecule has 1 fully saturated rings. The zero-order valence-corrected chi connectivity index (χ0v) is 13.1. The van der Waals surface area contributed by atoms with E-state index in [1.165, 1.54) is 12.5 Å². The molecule has 0 N–H and O–H groups in total. The monoisotopic (exact) mass is 368 g/mol. The standard InChI is InChI=1S/C15H17BrF4O/c16-9-14(6-2-1-3-7-14)10-21-11-4-5-13(17)12(8-11)15(18,19)20/h4-5,8H,1-3,6-7,9-10H2. The molecule has 1 aliphatic rings. The Balaban J connectivity index is 2.09. The molecule has 0 heterocycles. The minimum atomic E-state index is -4.71. The predicted molar refractivity (Wildman–Crippen MR) is 76.2 cm³/mol. The maximum absolute atomic E-state index is 13.2. The normalized spacial score (nSPS) is 18.5. The third kappa shape index (κ3) is 4.11. The van der Waals surface area contributed by atoms with Crippen LogP contribution in [0, 0.1) is 11.2 Å². The molecule has 1 aromatic carbocycles. The molecular weight excluding hydrogens is 352 g/mol. The van der Waals surface area contributed by atoms with Crippen molar-refractivity contribution < 1.29 is 22.3 Å². The minimum Gasteiger partial charge on any atom is -0.493 e. The Hall–Kier alpha value is -0.780. The second-order valence-corrected chi connectivity index (χ2v) is 6.18. The highest BCUT2D eigenvalue weighted by molar-refractivity contribution is 9.09. The quantitative estimate of drug-likeness (QED) is 0.498. The van der Waals surface area contributed by atoms with Gasteiger partial charge in [-0.1, -0.05) is 35.2 Å². The highest BCUT2D eigenvalue weighted by Crippen LogP contribution is 2.39. The zero-order valence-electron chi connectivity index (χ0n) is 11.5. The highest BCUT2D eigenvalue weighted by atomic mass is 79.9. The van der Waals surface area contributed by atoms with Gasteiger partial charge in [-0.2, -0.15) is 13.2 Å². The number of rotatable bonds is 4. The number of hydrogen-bond donors (Lipinski definition) is 0. The summed E-state index contributed by atoms with van der Waals surface area (Å²) in [5, 5.41) is 0.757. The summed E-state index contributed by atoms with van der Waals surface area (Å²) in [4.78, 5) is 0. The van der Waals surface area contributed by atoms with Gasteiger partial charge in [0.25, 0.3) is 0 Å². The van der Waals surface area contributed by atoms with Crippen molar-refractivity contribution in [3.8, 4) is 5.75 Å². The molecule has 0 aromatic heterocycles. The van der Waals surface area contributed by atoms with Crippen LogP contribution in [-0.2, 0) is 6.18 Å². The van der Waals surface area contributed by atoms with Crippen LogP contribution >= 0.6 is 15.9 Å². The van der Waals surface area contributed by atoms with Crippen molar-refractivity contribution in [2.75, 3.05) is 11.9 Å².